The SMILES string of the molecule is C=C(COCc1ccccc1)c1cnccn1. The van der Waals surface area contributed by atoms with Crippen LogP contribution in [-0.4, -0.2) is 16.6 Å². The van der Waals surface area contributed by atoms with Crippen LogP contribution in [0.3, 0.4) is 0 Å². The van der Waals surface area contributed by atoms with Gasteiger partial charge >= 0.3 is 0 Å². The number of benzene rings is 1. The second-order valence-corrected chi connectivity index (χ2v) is 3.67. The van der Waals surface area contributed by atoms with E-state index in [1.807, 2.05) is 30.3 Å². The molecule has 0 aliphatic rings. The van der Waals surface area contributed by atoms with E-state index in [1.165, 1.54) is 0 Å². The standard InChI is InChI=1S/C14H14N2O/c1-12(14-9-15-7-8-16-14)10-17-11-13-5-3-2-4-6-13/h2-9H,1,10-11H2. The molecule has 2 aromatic rings. The lowest BCUT2D eigenvalue weighted by Crippen LogP contribution is -1.99. The molecule has 0 saturated heterocycles. The summed E-state index contributed by atoms with van der Waals surface area (Å²) in [7, 11) is 0. The third-order valence-electron chi connectivity index (χ3n) is 2.31. The molecule has 2 rings (SSSR count). The molecular weight excluding hydrogens is 212 g/mol. The highest BCUT2D eigenvalue weighted by atomic mass is 16.5. The van der Waals surface area contributed by atoms with Crippen molar-refractivity contribution in [3.8, 4) is 0 Å². The fourth-order valence-corrected chi connectivity index (χ4v) is 1.42. The Morgan fingerprint density at radius 1 is 1.18 bits per heavy atom. The Balaban J connectivity index is 1.82. The van der Waals surface area contributed by atoms with Crippen LogP contribution in [0.5, 0.6) is 0 Å². The van der Waals surface area contributed by atoms with Crippen molar-refractivity contribution in [3.63, 3.8) is 0 Å². The van der Waals surface area contributed by atoms with Gasteiger partial charge in [-0.25, -0.2) is 0 Å². The van der Waals surface area contributed by atoms with Crippen LogP contribution in [-0.2, 0) is 11.3 Å². The first kappa shape index (κ1) is 11.5. The molecule has 17 heavy (non-hydrogen) atoms. The number of hydrogen-bond donors (Lipinski definition) is 0. The molecule has 0 saturated carbocycles. The van der Waals surface area contributed by atoms with E-state index in [0.717, 1.165) is 16.8 Å². The lowest BCUT2D eigenvalue weighted by atomic mass is 10.2. The lowest BCUT2D eigenvalue weighted by molar-refractivity contribution is 0.153. The highest BCUT2D eigenvalue weighted by molar-refractivity contribution is 5.59. The van der Waals surface area contributed by atoms with Gasteiger partial charge < -0.3 is 4.74 Å². The van der Waals surface area contributed by atoms with E-state index < -0.39 is 0 Å². The van der Waals surface area contributed by atoms with Gasteiger partial charge in [0.25, 0.3) is 0 Å². The van der Waals surface area contributed by atoms with Gasteiger partial charge in [-0.3, -0.25) is 9.97 Å². The first-order valence-corrected chi connectivity index (χ1v) is 5.42. The molecule has 1 heterocycles. The molecule has 0 radical (unpaired) electrons. The molecule has 0 aliphatic carbocycles. The first-order chi connectivity index (χ1) is 8.36. The van der Waals surface area contributed by atoms with E-state index in [4.69, 9.17) is 4.74 Å². The Morgan fingerprint density at radius 2 is 2.00 bits per heavy atom. The molecule has 3 heteroatoms. The Morgan fingerprint density at radius 3 is 2.71 bits per heavy atom. The molecule has 86 valence electrons. The van der Waals surface area contributed by atoms with E-state index >= 15 is 0 Å². The minimum atomic E-state index is 0.466. The van der Waals surface area contributed by atoms with Crippen LogP contribution in [0.2, 0.25) is 0 Å². The summed E-state index contributed by atoms with van der Waals surface area (Å²) in [6, 6.07) is 10.0. The van der Waals surface area contributed by atoms with Crippen LogP contribution >= 0.6 is 0 Å². The zero-order valence-electron chi connectivity index (χ0n) is 9.54. The second kappa shape index (κ2) is 5.92. The molecule has 0 bridgehead atoms. The average Bonchev–Trinajstić information content (AvgIpc) is 2.41. The molecule has 0 atom stereocenters. The lowest BCUT2D eigenvalue weighted by Gasteiger charge is -2.06. The van der Waals surface area contributed by atoms with Crippen molar-refractivity contribution >= 4 is 5.57 Å². The van der Waals surface area contributed by atoms with Gasteiger partial charge in [0.2, 0.25) is 0 Å². The van der Waals surface area contributed by atoms with Gasteiger partial charge in [0, 0.05) is 12.4 Å². The molecule has 0 aliphatic heterocycles. The van der Waals surface area contributed by atoms with Crippen molar-refractivity contribution in [2.75, 3.05) is 6.61 Å². The van der Waals surface area contributed by atoms with E-state index in [1.54, 1.807) is 18.6 Å². The predicted molar refractivity (Wildman–Crippen MR) is 67.2 cm³/mol. The highest BCUT2D eigenvalue weighted by Crippen LogP contribution is 2.09. The number of nitrogens with zero attached hydrogens (tertiary/aromatic N) is 2. The van der Waals surface area contributed by atoms with Gasteiger partial charge in [-0.05, 0) is 11.1 Å². The number of aromatic nitrogens is 2. The number of rotatable bonds is 5. The van der Waals surface area contributed by atoms with Gasteiger partial charge in [-0.15, -0.1) is 0 Å². The summed E-state index contributed by atoms with van der Waals surface area (Å²) in [5.74, 6) is 0. The van der Waals surface area contributed by atoms with Crippen molar-refractivity contribution in [2.24, 2.45) is 0 Å². The zero-order chi connectivity index (χ0) is 11.9. The van der Waals surface area contributed by atoms with Gasteiger partial charge in [0.15, 0.2) is 0 Å². The Hall–Kier alpha value is -2.00. The van der Waals surface area contributed by atoms with Gasteiger partial charge in [0.05, 0.1) is 25.1 Å². The minimum Gasteiger partial charge on any atom is -0.372 e. The molecule has 1 aromatic heterocycles. The van der Waals surface area contributed by atoms with Crippen LogP contribution in [0.15, 0.2) is 55.5 Å². The molecule has 0 spiro atoms. The summed E-state index contributed by atoms with van der Waals surface area (Å²) >= 11 is 0. The van der Waals surface area contributed by atoms with Crippen molar-refractivity contribution in [1.82, 2.24) is 9.97 Å². The summed E-state index contributed by atoms with van der Waals surface area (Å²) in [5.41, 5.74) is 2.77. The molecule has 0 unspecified atom stereocenters. The fraction of sp³-hybridized carbons (Fsp3) is 0.143. The van der Waals surface area contributed by atoms with E-state index in [2.05, 4.69) is 16.5 Å². The average molecular weight is 226 g/mol. The van der Waals surface area contributed by atoms with Crippen molar-refractivity contribution in [1.29, 1.82) is 0 Å². The molecule has 1 aromatic carbocycles. The Kier molecular flexibility index (Phi) is 4.00. The second-order valence-electron chi connectivity index (χ2n) is 3.67. The van der Waals surface area contributed by atoms with E-state index in [9.17, 15) is 0 Å². The maximum absolute atomic E-state index is 5.57. The van der Waals surface area contributed by atoms with Crippen molar-refractivity contribution < 1.29 is 4.74 Å². The van der Waals surface area contributed by atoms with Crippen LogP contribution in [0.1, 0.15) is 11.3 Å². The summed E-state index contributed by atoms with van der Waals surface area (Å²) in [4.78, 5) is 8.16. The van der Waals surface area contributed by atoms with Crippen LogP contribution < -0.4 is 0 Å². The predicted octanol–water partition coefficient (Wildman–Crippen LogP) is 2.71. The van der Waals surface area contributed by atoms with Crippen molar-refractivity contribution in [2.45, 2.75) is 6.61 Å². The quantitative estimate of drug-likeness (QED) is 0.786. The molecular formula is C14H14N2O. The molecule has 0 N–H and O–H groups in total. The smallest absolute Gasteiger partial charge is 0.0862 e. The Bertz CT molecular complexity index is 468. The van der Waals surface area contributed by atoms with Gasteiger partial charge in [0.1, 0.15) is 0 Å². The number of ether oxygens (including phenoxy) is 1. The third kappa shape index (κ3) is 3.50. The van der Waals surface area contributed by atoms with Crippen LogP contribution in [0.25, 0.3) is 5.57 Å². The fourth-order valence-electron chi connectivity index (χ4n) is 1.42. The van der Waals surface area contributed by atoms with E-state index in [0.29, 0.717) is 13.2 Å². The summed E-state index contributed by atoms with van der Waals surface area (Å²) in [6.07, 6.45) is 4.98. The molecule has 3 nitrogen and oxygen atoms in total. The topological polar surface area (TPSA) is 35.0 Å². The third-order valence-corrected chi connectivity index (χ3v) is 2.31. The Labute approximate surface area is 101 Å². The number of hydrogen-bond acceptors (Lipinski definition) is 3. The van der Waals surface area contributed by atoms with Gasteiger partial charge in [-0.2, -0.15) is 0 Å². The monoisotopic (exact) mass is 226 g/mol. The first-order valence-electron chi connectivity index (χ1n) is 5.42. The van der Waals surface area contributed by atoms with E-state index in [-0.39, 0.29) is 0 Å². The highest BCUT2D eigenvalue weighted by Gasteiger charge is 2.00. The maximum atomic E-state index is 5.57. The normalized spacial score (nSPS) is 10.1. The van der Waals surface area contributed by atoms with Crippen LogP contribution in [0, 0.1) is 0 Å². The molecule has 0 fully saturated rings. The zero-order valence-corrected chi connectivity index (χ0v) is 9.54. The largest absolute Gasteiger partial charge is 0.372 e. The van der Waals surface area contributed by atoms with Crippen molar-refractivity contribution in [3.05, 3.63) is 66.8 Å². The maximum Gasteiger partial charge on any atom is 0.0862 e. The summed E-state index contributed by atoms with van der Waals surface area (Å²) < 4.78 is 5.57. The minimum absolute atomic E-state index is 0.466. The van der Waals surface area contributed by atoms with Crippen LogP contribution in [0.4, 0.5) is 0 Å². The summed E-state index contributed by atoms with van der Waals surface area (Å²) in [6.45, 7) is 4.98. The summed E-state index contributed by atoms with van der Waals surface area (Å²) in [5, 5.41) is 0. The molecule has 0 amide bonds. The van der Waals surface area contributed by atoms with Gasteiger partial charge in [-0.1, -0.05) is 36.9 Å².